The Labute approximate surface area is 247 Å². The van der Waals surface area contributed by atoms with Gasteiger partial charge in [0, 0.05) is 35.7 Å². The molecule has 42 heavy (non-hydrogen) atoms. The molecular weight excluding hydrogens is 584 g/mol. The molecule has 2 aliphatic rings. The average molecular weight is 614 g/mol. The molecule has 0 saturated carbocycles. The third-order valence-electron chi connectivity index (χ3n) is 8.10. The molecule has 1 aliphatic carbocycles. The summed E-state index contributed by atoms with van der Waals surface area (Å²) in [6.07, 6.45) is 3.45. The first-order valence-corrected chi connectivity index (χ1v) is 15.8. The summed E-state index contributed by atoms with van der Waals surface area (Å²) in [4.78, 5) is 11.3. The molecule has 1 saturated heterocycles. The maximum Gasteiger partial charge on any atom is 0.262 e. The summed E-state index contributed by atoms with van der Waals surface area (Å²) in [5.74, 6) is -1.41. The Bertz CT molecular complexity index is 1780. The second-order valence-corrected chi connectivity index (χ2v) is 12.8. The van der Waals surface area contributed by atoms with E-state index < -0.39 is 33.4 Å². The summed E-state index contributed by atoms with van der Waals surface area (Å²) < 4.78 is 59.8. The van der Waals surface area contributed by atoms with Crippen molar-refractivity contribution in [2.45, 2.75) is 49.6 Å². The number of likely N-dealkylation sites (tertiary alicyclic amines) is 1. The van der Waals surface area contributed by atoms with E-state index in [2.05, 4.69) is 31.8 Å². The number of rotatable bonds is 7. The van der Waals surface area contributed by atoms with Crippen LogP contribution in [0.4, 0.5) is 20.4 Å². The smallest absolute Gasteiger partial charge is 0.262 e. The normalized spacial score (nSPS) is 17.9. The molecule has 3 aromatic carbocycles. The van der Waals surface area contributed by atoms with Crippen LogP contribution in [0.5, 0.6) is 0 Å². The van der Waals surface area contributed by atoms with Crippen LogP contribution in [0.15, 0.2) is 53.6 Å². The minimum absolute atomic E-state index is 0.133. The van der Waals surface area contributed by atoms with E-state index in [0.717, 1.165) is 44.6 Å². The van der Waals surface area contributed by atoms with Gasteiger partial charge in [-0.1, -0.05) is 24.6 Å². The maximum atomic E-state index is 15.8. The number of aliphatic hydroxyl groups excluding tert-OH is 1. The molecule has 0 bridgehead atoms. The molecule has 4 aromatic rings. The number of piperidine rings is 1. The van der Waals surface area contributed by atoms with Gasteiger partial charge in [-0.15, -0.1) is 0 Å². The van der Waals surface area contributed by atoms with Crippen molar-refractivity contribution in [1.29, 1.82) is 0 Å². The third-order valence-corrected chi connectivity index (χ3v) is 9.75. The lowest BCUT2D eigenvalue weighted by Crippen LogP contribution is -2.39. The number of fused-ring (bicyclic) bond motifs is 2. The number of hydrogen-bond donors (Lipinski definition) is 3. The molecular formula is C30H30ClF2N5O3S. The third kappa shape index (κ3) is 5.54. The van der Waals surface area contributed by atoms with Gasteiger partial charge in [0.15, 0.2) is 5.82 Å². The van der Waals surface area contributed by atoms with Gasteiger partial charge in [0.1, 0.15) is 5.82 Å². The first-order chi connectivity index (χ1) is 20.1. The zero-order chi connectivity index (χ0) is 29.6. The van der Waals surface area contributed by atoms with Crippen LogP contribution >= 0.6 is 11.6 Å². The molecule has 0 amide bonds. The van der Waals surface area contributed by atoms with Gasteiger partial charge in [0.2, 0.25) is 5.95 Å². The van der Waals surface area contributed by atoms with E-state index in [-0.39, 0.29) is 27.1 Å². The number of halogens is 3. The molecule has 1 aliphatic heterocycles. The Morgan fingerprint density at radius 1 is 1.10 bits per heavy atom. The molecule has 1 atom stereocenters. The minimum Gasteiger partial charge on any atom is -0.388 e. The summed E-state index contributed by atoms with van der Waals surface area (Å²) >= 11 is 6.13. The number of aromatic nitrogens is 2. The standard InChI is InChI=1S/C30H30ClF2N5O3S/c1-2-38-11-9-20(10-12-38)35-30-34-16-18-13-17(3-6-24(18)36-30)28-23(32)5-7-25(29(28)33)37-42(40,41)27-15-19(31)14-22-21(27)4-8-26(22)39/h3,5-7,13-16,20,26,37,39H,2,4,8-12H2,1H3,(H,34,35,36). The van der Waals surface area contributed by atoms with Crippen LogP contribution in [-0.2, 0) is 16.4 Å². The Morgan fingerprint density at radius 3 is 2.64 bits per heavy atom. The Balaban J connectivity index is 1.27. The van der Waals surface area contributed by atoms with Crippen molar-refractivity contribution in [2.24, 2.45) is 0 Å². The number of hydrogen-bond acceptors (Lipinski definition) is 7. The van der Waals surface area contributed by atoms with Gasteiger partial charge in [-0.3, -0.25) is 4.72 Å². The molecule has 0 spiro atoms. The van der Waals surface area contributed by atoms with E-state index in [1.807, 2.05) is 0 Å². The predicted molar refractivity (Wildman–Crippen MR) is 159 cm³/mol. The van der Waals surface area contributed by atoms with E-state index >= 15 is 8.78 Å². The number of benzene rings is 3. The lowest BCUT2D eigenvalue weighted by atomic mass is 10.0. The fourth-order valence-corrected chi connectivity index (χ4v) is 7.48. The fraction of sp³-hybridized carbons (Fsp3) is 0.333. The van der Waals surface area contributed by atoms with Crippen molar-refractivity contribution < 1.29 is 22.3 Å². The molecule has 2 heterocycles. The summed E-state index contributed by atoms with van der Waals surface area (Å²) in [6, 6.07) is 9.91. The van der Waals surface area contributed by atoms with E-state index in [1.165, 1.54) is 12.1 Å². The molecule has 220 valence electrons. The lowest BCUT2D eigenvalue weighted by Gasteiger charge is -2.31. The first kappa shape index (κ1) is 28.7. The van der Waals surface area contributed by atoms with E-state index in [1.54, 1.807) is 24.4 Å². The minimum atomic E-state index is -4.31. The molecule has 12 heteroatoms. The second kappa shape index (κ2) is 11.4. The van der Waals surface area contributed by atoms with E-state index in [4.69, 9.17) is 11.6 Å². The van der Waals surface area contributed by atoms with Crippen LogP contribution < -0.4 is 10.0 Å². The largest absolute Gasteiger partial charge is 0.388 e. The van der Waals surface area contributed by atoms with Gasteiger partial charge in [-0.25, -0.2) is 27.2 Å². The highest BCUT2D eigenvalue weighted by Gasteiger charge is 2.30. The van der Waals surface area contributed by atoms with Crippen molar-refractivity contribution in [3.8, 4) is 11.1 Å². The number of sulfonamides is 1. The Morgan fingerprint density at radius 2 is 1.88 bits per heavy atom. The number of nitrogens with zero attached hydrogens (tertiary/aromatic N) is 3. The van der Waals surface area contributed by atoms with Crippen LogP contribution in [0.25, 0.3) is 22.0 Å². The summed E-state index contributed by atoms with van der Waals surface area (Å²) in [6.45, 7) is 5.22. The van der Waals surface area contributed by atoms with Crippen LogP contribution in [0.2, 0.25) is 5.02 Å². The Hall–Kier alpha value is -3.38. The zero-order valence-electron chi connectivity index (χ0n) is 22.9. The molecule has 6 rings (SSSR count). The Kier molecular flexibility index (Phi) is 7.77. The number of nitrogens with one attached hydrogen (secondary N) is 2. The molecule has 0 radical (unpaired) electrons. The quantitative estimate of drug-likeness (QED) is 0.238. The van der Waals surface area contributed by atoms with Crippen molar-refractivity contribution in [2.75, 3.05) is 29.7 Å². The first-order valence-electron chi connectivity index (χ1n) is 13.9. The lowest BCUT2D eigenvalue weighted by molar-refractivity contribution is 0.180. The van der Waals surface area contributed by atoms with Gasteiger partial charge < -0.3 is 15.3 Å². The second-order valence-electron chi connectivity index (χ2n) is 10.7. The van der Waals surface area contributed by atoms with Gasteiger partial charge in [-0.05, 0) is 85.3 Å². The maximum absolute atomic E-state index is 15.8. The summed E-state index contributed by atoms with van der Waals surface area (Å²) in [7, 11) is -4.31. The highest BCUT2D eigenvalue weighted by Crippen LogP contribution is 2.39. The van der Waals surface area contributed by atoms with Crippen LogP contribution in [0.1, 0.15) is 43.4 Å². The highest BCUT2D eigenvalue weighted by atomic mass is 35.5. The average Bonchev–Trinajstić information content (AvgIpc) is 3.34. The van der Waals surface area contributed by atoms with Gasteiger partial charge in [-0.2, -0.15) is 0 Å². The molecule has 8 nitrogen and oxygen atoms in total. The topological polar surface area (TPSA) is 107 Å². The number of anilines is 2. The fourth-order valence-electron chi connectivity index (χ4n) is 5.80. The molecule has 1 fully saturated rings. The summed E-state index contributed by atoms with van der Waals surface area (Å²) in [5.41, 5.74) is 0.884. The van der Waals surface area contributed by atoms with Crippen molar-refractivity contribution in [1.82, 2.24) is 14.9 Å². The summed E-state index contributed by atoms with van der Waals surface area (Å²) in [5, 5.41) is 14.3. The van der Waals surface area contributed by atoms with Gasteiger partial charge in [0.25, 0.3) is 10.0 Å². The zero-order valence-corrected chi connectivity index (χ0v) is 24.4. The number of aliphatic hydroxyl groups is 1. The van der Waals surface area contributed by atoms with E-state index in [0.29, 0.717) is 40.8 Å². The molecule has 1 aromatic heterocycles. The van der Waals surface area contributed by atoms with Gasteiger partial charge in [0.05, 0.1) is 27.8 Å². The molecule has 3 N–H and O–H groups in total. The van der Waals surface area contributed by atoms with E-state index in [9.17, 15) is 13.5 Å². The van der Waals surface area contributed by atoms with Crippen LogP contribution in [-0.4, -0.2) is 54.1 Å². The van der Waals surface area contributed by atoms with Gasteiger partial charge >= 0.3 is 0 Å². The van der Waals surface area contributed by atoms with Crippen molar-refractivity contribution in [3.63, 3.8) is 0 Å². The van der Waals surface area contributed by atoms with Crippen LogP contribution in [0.3, 0.4) is 0 Å². The SMILES string of the molecule is CCN1CCC(Nc2ncc3cc(-c4c(F)ccc(NS(=O)(=O)c5cc(Cl)cc6c5CCC6O)c4F)ccc3n2)CC1. The predicted octanol–water partition coefficient (Wildman–Crippen LogP) is 5.91. The van der Waals surface area contributed by atoms with Crippen LogP contribution in [0, 0.1) is 11.6 Å². The highest BCUT2D eigenvalue weighted by molar-refractivity contribution is 7.92. The van der Waals surface area contributed by atoms with Crippen molar-refractivity contribution in [3.05, 3.63) is 76.4 Å². The molecule has 1 unspecified atom stereocenters. The monoisotopic (exact) mass is 613 g/mol. The van der Waals surface area contributed by atoms with Crippen molar-refractivity contribution >= 4 is 44.2 Å².